The number of anilines is 2. The van der Waals surface area contributed by atoms with Gasteiger partial charge in [-0.15, -0.1) is 0 Å². The van der Waals surface area contributed by atoms with Gasteiger partial charge in [-0.2, -0.15) is 0 Å². The van der Waals surface area contributed by atoms with Crippen molar-refractivity contribution in [2.45, 2.75) is 4.90 Å². The van der Waals surface area contributed by atoms with Gasteiger partial charge in [0, 0.05) is 11.8 Å². The molecule has 2 aromatic carbocycles. The highest BCUT2D eigenvalue weighted by Crippen LogP contribution is 2.21. The molecule has 1 aromatic heterocycles. The molecule has 6 nitrogen and oxygen atoms in total. The molecule has 0 unspecified atom stereocenters. The third kappa shape index (κ3) is 3.89. The second-order valence-corrected chi connectivity index (χ2v) is 6.90. The number of rotatable bonds is 5. The summed E-state index contributed by atoms with van der Waals surface area (Å²) in [7, 11) is -4.08. The largest absolute Gasteiger partial charge is 0.472 e. The Morgan fingerprint density at radius 1 is 1.00 bits per heavy atom. The Labute approximate surface area is 147 Å². The maximum atomic E-state index is 13.6. The Kier molecular flexibility index (Phi) is 4.72. The Morgan fingerprint density at radius 2 is 1.73 bits per heavy atom. The summed E-state index contributed by atoms with van der Waals surface area (Å²) in [6.45, 7) is 0. The first-order valence-corrected chi connectivity index (χ1v) is 8.75. The van der Waals surface area contributed by atoms with Gasteiger partial charge in [-0.3, -0.25) is 9.52 Å². The zero-order valence-corrected chi connectivity index (χ0v) is 13.9. The van der Waals surface area contributed by atoms with Gasteiger partial charge in [0.1, 0.15) is 17.9 Å². The molecule has 0 saturated carbocycles. The van der Waals surface area contributed by atoms with Crippen molar-refractivity contribution >= 4 is 27.3 Å². The van der Waals surface area contributed by atoms with E-state index in [2.05, 4.69) is 5.32 Å². The number of halogens is 2. The van der Waals surface area contributed by atoms with Crippen molar-refractivity contribution < 1.29 is 26.4 Å². The fourth-order valence-corrected chi connectivity index (χ4v) is 3.16. The predicted octanol–water partition coefficient (Wildman–Crippen LogP) is 3.61. The Morgan fingerprint density at radius 3 is 2.35 bits per heavy atom. The van der Waals surface area contributed by atoms with Crippen LogP contribution < -0.4 is 10.0 Å². The maximum Gasteiger partial charge on any atom is 0.261 e. The second kappa shape index (κ2) is 6.96. The van der Waals surface area contributed by atoms with Crippen LogP contribution in [0.3, 0.4) is 0 Å². The van der Waals surface area contributed by atoms with Crippen LogP contribution in [0.5, 0.6) is 0 Å². The van der Waals surface area contributed by atoms with Gasteiger partial charge in [-0.1, -0.05) is 0 Å². The van der Waals surface area contributed by atoms with E-state index < -0.39 is 27.6 Å². The van der Waals surface area contributed by atoms with Crippen LogP contribution >= 0.6 is 0 Å². The van der Waals surface area contributed by atoms with E-state index in [4.69, 9.17) is 4.42 Å². The van der Waals surface area contributed by atoms with Crippen LogP contribution in [0.25, 0.3) is 0 Å². The van der Waals surface area contributed by atoms with E-state index >= 15 is 0 Å². The number of nitrogens with one attached hydrogen (secondary N) is 2. The molecule has 26 heavy (non-hydrogen) atoms. The highest BCUT2D eigenvalue weighted by atomic mass is 32.2. The summed E-state index contributed by atoms with van der Waals surface area (Å²) in [5.41, 5.74) is 0.307. The topological polar surface area (TPSA) is 88.4 Å². The molecule has 0 radical (unpaired) electrons. The molecule has 0 aliphatic heterocycles. The van der Waals surface area contributed by atoms with E-state index in [9.17, 15) is 22.0 Å². The second-order valence-electron chi connectivity index (χ2n) is 5.22. The van der Waals surface area contributed by atoms with Gasteiger partial charge in [-0.25, -0.2) is 17.2 Å². The lowest BCUT2D eigenvalue weighted by atomic mass is 10.3. The first-order chi connectivity index (χ1) is 12.3. The zero-order valence-electron chi connectivity index (χ0n) is 13.1. The van der Waals surface area contributed by atoms with Crippen molar-refractivity contribution in [1.82, 2.24) is 0 Å². The number of amides is 1. The lowest BCUT2D eigenvalue weighted by Gasteiger charge is -2.10. The predicted molar refractivity (Wildman–Crippen MR) is 90.3 cm³/mol. The molecular formula is C17H12F2N2O4S. The third-order valence-corrected chi connectivity index (χ3v) is 4.76. The van der Waals surface area contributed by atoms with E-state index in [0.29, 0.717) is 17.3 Å². The SMILES string of the molecule is O=C(Nc1ccc(S(=O)(=O)Nc2ccc(F)cc2F)cc1)c1ccoc1. The molecule has 0 bridgehead atoms. The van der Waals surface area contributed by atoms with Gasteiger partial charge in [0.15, 0.2) is 0 Å². The maximum absolute atomic E-state index is 13.6. The molecule has 0 atom stereocenters. The number of hydrogen-bond donors (Lipinski definition) is 2. The summed E-state index contributed by atoms with van der Waals surface area (Å²) >= 11 is 0. The first-order valence-electron chi connectivity index (χ1n) is 7.27. The van der Waals surface area contributed by atoms with Crippen LogP contribution in [-0.2, 0) is 10.0 Å². The molecule has 3 rings (SSSR count). The highest BCUT2D eigenvalue weighted by molar-refractivity contribution is 7.92. The minimum atomic E-state index is -4.08. The first kappa shape index (κ1) is 17.6. The summed E-state index contributed by atoms with van der Waals surface area (Å²) in [6, 6.07) is 9.24. The molecule has 0 saturated heterocycles. The lowest BCUT2D eigenvalue weighted by Crippen LogP contribution is -2.14. The number of carbonyl (C=O) groups is 1. The fourth-order valence-electron chi connectivity index (χ4n) is 2.09. The number of sulfonamides is 1. The van der Waals surface area contributed by atoms with E-state index in [-0.39, 0.29) is 10.6 Å². The molecule has 1 heterocycles. The van der Waals surface area contributed by atoms with Crippen LogP contribution in [-0.4, -0.2) is 14.3 Å². The van der Waals surface area contributed by atoms with Gasteiger partial charge in [0.05, 0.1) is 22.4 Å². The smallest absolute Gasteiger partial charge is 0.261 e. The molecular weight excluding hydrogens is 366 g/mol. The Balaban J connectivity index is 1.75. The van der Waals surface area contributed by atoms with Crippen molar-refractivity contribution in [2.24, 2.45) is 0 Å². The summed E-state index contributed by atoms with van der Waals surface area (Å²) in [5.74, 6) is -2.26. The average molecular weight is 378 g/mol. The summed E-state index contributed by atoms with van der Waals surface area (Å²) < 4.78 is 57.9. The van der Waals surface area contributed by atoms with E-state index in [1.165, 1.54) is 42.9 Å². The number of furan rings is 1. The molecule has 1 amide bonds. The van der Waals surface area contributed by atoms with Gasteiger partial charge < -0.3 is 9.73 Å². The van der Waals surface area contributed by atoms with Crippen molar-refractivity contribution in [1.29, 1.82) is 0 Å². The van der Waals surface area contributed by atoms with E-state index in [0.717, 1.165) is 12.1 Å². The minimum absolute atomic E-state index is 0.150. The van der Waals surface area contributed by atoms with Crippen molar-refractivity contribution in [3.63, 3.8) is 0 Å². The van der Waals surface area contributed by atoms with Crippen molar-refractivity contribution in [3.8, 4) is 0 Å². The van der Waals surface area contributed by atoms with E-state index in [1.54, 1.807) is 0 Å². The van der Waals surface area contributed by atoms with Crippen LogP contribution in [0.2, 0.25) is 0 Å². The molecule has 0 spiro atoms. The molecule has 0 fully saturated rings. The van der Waals surface area contributed by atoms with Crippen LogP contribution in [0.4, 0.5) is 20.2 Å². The summed E-state index contributed by atoms with van der Waals surface area (Å²) in [6.07, 6.45) is 2.63. The monoisotopic (exact) mass is 378 g/mol. The number of benzene rings is 2. The Hall–Kier alpha value is -3.20. The average Bonchev–Trinajstić information content (AvgIpc) is 3.13. The summed E-state index contributed by atoms with van der Waals surface area (Å²) in [4.78, 5) is 11.7. The standard InChI is InChI=1S/C17H12F2N2O4S/c18-12-1-6-16(15(19)9-12)21-26(23,24)14-4-2-13(3-5-14)20-17(22)11-7-8-25-10-11/h1-10,21H,(H,20,22). The van der Waals surface area contributed by atoms with Crippen LogP contribution in [0, 0.1) is 11.6 Å². The third-order valence-electron chi connectivity index (χ3n) is 3.38. The Bertz CT molecular complexity index is 1030. The van der Waals surface area contributed by atoms with E-state index in [1.807, 2.05) is 4.72 Å². The van der Waals surface area contributed by atoms with Crippen LogP contribution in [0.1, 0.15) is 10.4 Å². The number of hydrogen-bond acceptors (Lipinski definition) is 4. The summed E-state index contributed by atoms with van der Waals surface area (Å²) in [5, 5.41) is 2.57. The molecule has 2 N–H and O–H groups in total. The lowest BCUT2D eigenvalue weighted by molar-refractivity contribution is 0.102. The molecule has 9 heteroatoms. The highest BCUT2D eigenvalue weighted by Gasteiger charge is 2.17. The molecule has 0 aliphatic rings. The van der Waals surface area contributed by atoms with Gasteiger partial charge in [0.2, 0.25) is 0 Å². The van der Waals surface area contributed by atoms with Crippen molar-refractivity contribution in [3.05, 3.63) is 78.3 Å². The van der Waals surface area contributed by atoms with Gasteiger partial charge in [-0.05, 0) is 42.5 Å². The van der Waals surface area contributed by atoms with Crippen molar-refractivity contribution in [2.75, 3.05) is 10.0 Å². The van der Waals surface area contributed by atoms with Gasteiger partial charge in [0.25, 0.3) is 15.9 Å². The van der Waals surface area contributed by atoms with Gasteiger partial charge >= 0.3 is 0 Å². The quantitative estimate of drug-likeness (QED) is 0.710. The molecule has 134 valence electrons. The normalized spacial score (nSPS) is 11.2. The zero-order chi connectivity index (χ0) is 18.7. The molecule has 3 aromatic rings. The molecule has 0 aliphatic carbocycles. The van der Waals surface area contributed by atoms with Crippen LogP contribution in [0.15, 0.2) is 70.4 Å². The number of carbonyl (C=O) groups excluding carboxylic acids is 1. The minimum Gasteiger partial charge on any atom is -0.472 e. The fraction of sp³-hybridized carbons (Fsp3) is 0.